The molecular weight excluding hydrogens is 414 g/mol. The standard InChI is InChI=1S/C16H23Br2NO3/c1-16(2,3)22-10-14(18)15(21)19-13(9-20)8-11-4-6-12(17)7-5-11/h4-7,13-14,20H,8-10H2,1-3H3,(H,19,21)/t13?,14-/m1/s1. The summed E-state index contributed by atoms with van der Waals surface area (Å²) in [4.78, 5) is 11.7. The van der Waals surface area contributed by atoms with Gasteiger partial charge in [-0.15, -0.1) is 0 Å². The molecule has 1 aromatic rings. The minimum absolute atomic E-state index is 0.109. The van der Waals surface area contributed by atoms with E-state index in [0.29, 0.717) is 6.42 Å². The molecule has 0 heterocycles. The first-order valence-electron chi connectivity index (χ1n) is 7.15. The molecule has 4 nitrogen and oxygen atoms in total. The van der Waals surface area contributed by atoms with E-state index in [4.69, 9.17) is 4.74 Å². The fraction of sp³-hybridized carbons (Fsp3) is 0.562. The van der Waals surface area contributed by atoms with Crippen molar-refractivity contribution in [2.24, 2.45) is 0 Å². The predicted molar refractivity (Wildman–Crippen MR) is 95.3 cm³/mol. The molecule has 0 saturated heterocycles. The average Bonchev–Trinajstić information content (AvgIpc) is 2.45. The molecule has 124 valence electrons. The van der Waals surface area contributed by atoms with Gasteiger partial charge < -0.3 is 15.2 Å². The third-order valence-electron chi connectivity index (χ3n) is 2.91. The van der Waals surface area contributed by atoms with Crippen LogP contribution in [0.3, 0.4) is 0 Å². The van der Waals surface area contributed by atoms with E-state index in [1.165, 1.54) is 0 Å². The molecule has 1 aromatic carbocycles. The van der Waals surface area contributed by atoms with Crippen molar-refractivity contribution in [3.05, 3.63) is 34.3 Å². The smallest absolute Gasteiger partial charge is 0.236 e. The number of carbonyl (C=O) groups excluding carboxylic acids is 1. The van der Waals surface area contributed by atoms with Crippen molar-refractivity contribution in [1.29, 1.82) is 0 Å². The van der Waals surface area contributed by atoms with Crippen LogP contribution in [-0.4, -0.2) is 40.7 Å². The molecule has 0 spiro atoms. The van der Waals surface area contributed by atoms with Gasteiger partial charge in [-0.3, -0.25) is 4.79 Å². The summed E-state index contributed by atoms with van der Waals surface area (Å²) in [5.41, 5.74) is 0.764. The molecule has 2 N–H and O–H groups in total. The fourth-order valence-corrected chi connectivity index (χ4v) is 2.29. The van der Waals surface area contributed by atoms with Crippen LogP contribution in [0.4, 0.5) is 0 Å². The molecule has 0 radical (unpaired) electrons. The maximum atomic E-state index is 12.1. The molecule has 22 heavy (non-hydrogen) atoms. The Morgan fingerprint density at radius 1 is 1.32 bits per heavy atom. The van der Waals surface area contributed by atoms with E-state index in [2.05, 4.69) is 37.2 Å². The number of alkyl halides is 1. The third-order valence-corrected chi connectivity index (χ3v) is 4.12. The van der Waals surface area contributed by atoms with Crippen LogP contribution in [0.2, 0.25) is 0 Å². The highest BCUT2D eigenvalue weighted by Gasteiger charge is 2.21. The molecule has 0 saturated carbocycles. The van der Waals surface area contributed by atoms with Crippen LogP contribution in [-0.2, 0) is 16.0 Å². The van der Waals surface area contributed by atoms with Crippen molar-refractivity contribution in [1.82, 2.24) is 5.32 Å². The van der Waals surface area contributed by atoms with Crippen molar-refractivity contribution in [2.75, 3.05) is 13.2 Å². The molecule has 1 unspecified atom stereocenters. The maximum absolute atomic E-state index is 12.1. The lowest BCUT2D eigenvalue weighted by atomic mass is 10.1. The first kappa shape index (κ1) is 19.6. The van der Waals surface area contributed by atoms with Gasteiger partial charge in [-0.2, -0.15) is 0 Å². The molecule has 2 atom stereocenters. The fourth-order valence-electron chi connectivity index (χ4n) is 1.76. The summed E-state index contributed by atoms with van der Waals surface area (Å²) in [6, 6.07) is 7.50. The third kappa shape index (κ3) is 7.72. The summed E-state index contributed by atoms with van der Waals surface area (Å²) in [6.45, 7) is 5.99. The van der Waals surface area contributed by atoms with Gasteiger partial charge in [0.25, 0.3) is 0 Å². The number of hydrogen-bond acceptors (Lipinski definition) is 3. The zero-order valence-corrected chi connectivity index (χ0v) is 16.3. The Morgan fingerprint density at radius 2 is 1.91 bits per heavy atom. The van der Waals surface area contributed by atoms with Crippen LogP contribution in [0, 0.1) is 0 Å². The number of amides is 1. The zero-order chi connectivity index (χ0) is 16.8. The summed E-state index contributed by atoms with van der Waals surface area (Å²) in [6.07, 6.45) is 0.579. The van der Waals surface area contributed by atoms with E-state index >= 15 is 0 Å². The number of nitrogens with one attached hydrogen (secondary N) is 1. The summed E-state index contributed by atoms with van der Waals surface area (Å²) in [5, 5.41) is 12.3. The molecule has 0 aromatic heterocycles. The Balaban J connectivity index is 2.50. The lowest BCUT2D eigenvalue weighted by Crippen LogP contribution is -2.44. The number of aliphatic hydroxyl groups is 1. The topological polar surface area (TPSA) is 58.6 Å². The molecule has 0 aliphatic heterocycles. The van der Waals surface area contributed by atoms with Gasteiger partial charge in [0.2, 0.25) is 5.91 Å². The number of ether oxygens (including phenoxy) is 1. The quantitative estimate of drug-likeness (QED) is 0.645. The molecule has 0 aliphatic rings. The Morgan fingerprint density at radius 3 is 2.41 bits per heavy atom. The second-order valence-electron chi connectivity index (χ2n) is 6.11. The second-order valence-corrected chi connectivity index (χ2v) is 8.13. The molecule has 0 fully saturated rings. The van der Waals surface area contributed by atoms with Gasteiger partial charge in [0.1, 0.15) is 4.83 Å². The largest absolute Gasteiger partial charge is 0.394 e. The van der Waals surface area contributed by atoms with Crippen LogP contribution in [0.25, 0.3) is 0 Å². The number of hydrogen-bond donors (Lipinski definition) is 2. The van der Waals surface area contributed by atoms with E-state index in [1.807, 2.05) is 45.0 Å². The van der Waals surface area contributed by atoms with E-state index in [9.17, 15) is 9.90 Å². The predicted octanol–water partition coefficient (Wildman–Crippen LogP) is 3.05. The van der Waals surface area contributed by atoms with E-state index in [1.54, 1.807) is 0 Å². The first-order valence-corrected chi connectivity index (χ1v) is 8.86. The Hall–Kier alpha value is -0.430. The minimum atomic E-state index is -0.439. The molecule has 0 aliphatic carbocycles. The van der Waals surface area contributed by atoms with Crippen LogP contribution in [0.5, 0.6) is 0 Å². The average molecular weight is 437 g/mol. The first-order chi connectivity index (χ1) is 10.2. The van der Waals surface area contributed by atoms with Gasteiger partial charge in [0, 0.05) is 4.47 Å². The molecular formula is C16H23Br2NO3. The van der Waals surface area contributed by atoms with Gasteiger partial charge in [-0.1, -0.05) is 44.0 Å². The molecule has 0 bridgehead atoms. The van der Waals surface area contributed by atoms with Crippen molar-refractivity contribution in [3.63, 3.8) is 0 Å². The maximum Gasteiger partial charge on any atom is 0.236 e. The van der Waals surface area contributed by atoms with Crippen LogP contribution < -0.4 is 5.32 Å². The number of aliphatic hydroxyl groups excluding tert-OH is 1. The van der Waals surface area contributed by atoms with Crippen LogP contribution in [0.15, 0.2) is 28.7 Å². The molecule has 1 rings (SSSR count). The zero-order valence-electron chi connectivity index (χ0n) is 13.1. The van der Waals surface area contributed by atoms with Crippen molar-refractivity contribution in [3.8, 4) is 0 Å². The highest BCUT2D eigenvalue weighted by Crippen LogP contribution is 2.13. The van der Waals surface area contributed by atoms with Gasteiger partial charge in [-0.05, 0) is 44.9 Å². The summed E-state index contributed by atoms with van der Waals surface area (Å²) >= 11 is 6.71. The van der Waals surface area contributed by atoms with Gasteiger partial charge in [0.05, 0.1) is 24.9 Å². The van der Waals surface area contributed by atoms with E-state index in [0.717, 1.165) is 10.0 Å². The monoisotopic (exact) mass is 435 g/mol. The highest BCUT2D eigenvalue weighted by atomic mass is 79.9. The number of halogens is 2. The van der Waals surface area contributed by atoms with E-state index < -0.39 is 4.83 Å². The van der Waals surface area contributed by atoms with Crippen LogP contribution in [0.1, 0.15) is 26.3 Å². The number of benzene rings is 1. The number of carbonyl (C=O) groups is 1. The lowest BCUT2D eigenvalue weighted by Gasteiger charge is -2.23. The van der Waals surface area contributed by atoms with Gasteiger partial charge in [0.15, 0.2) is 0 Å². The summed E-state index contributed by atoms with van der Waals surface area (Å²) in [7, 11) is 0. The van der Waals surface area contributed by atoms with Gasteiger partial charge in [-0.25, -0.2) is 0 Å². The minimum Gasteiger partial charge on any atom is -0.394 e. The molecule has 1 amide bonds. The van der Waals surface area contributed by atoms with Crippen molar-refractivity contribution < 1.29 is 14.6 Å². The second kappa shape index (κ2) is 9.01. The summed E-state index contributed by atoms with van der Waals surface area (Å²) < 4.78 is 6.58. The molecule has 6 heteroatoms. The van der Waals surface area contributed by atoms with Crippen LogP contribution >= 0.6 is 31.9 Å². The highest BCUT2D eigenvalue weighted by molar-refractivity contribution is 9.10. The Labute approximate surface area is 148 Å². The Bertz CT molecular complexity index is 471. The van der Waals surface area contributed by atoms with Gasteiger partial charge >= 0.3 is 0 Å². The summed E-state index contributed by atoms with van der Waals surface area (Å²) in [5.74, 6) is -0.180. The lowest BCUT2D eigenvalue weighted by molar-refractivity contribution is -0.123. The van der Waals surface area contributed by atoms with E-state index in [-0.39, 0.29) is 30.8 Å². The number of rotatable bonds is 7. The Kier molecular flexibility index (Phi) is 8.03. The SMILES string of the molecule is CC(C)(C)OC[C@@H](Br)C(=O)NC(CO)Cc1ccc(Br)cc1. The van der Waals surface area contributed by atoms with Crippen molar-refractivity contribution in [2.45, 2.75) is 43.7 Å². The van der Waals surface area contributed by atoms with Crippen molar-refractivity contribution >= 4 is 37.8 Å². The normalized spacial score (nSPS) is 14.5.